The molecule has 0 saturated heterocycles. The van der Waals surface area contributed by atoms with Crippen molar-refractivity contribution < 1.29 is 9.53 Å². The van der Waals surface area contributed by atoms with E-state index in [9.17, 15) is 9.59 Å². The summed E-state index contributed by atoms with van der Waals surface area (Å²) in [5.41, 5.74) is 2.09. The number of hydrogen-bond acceptors (Lipinski definition) is 3. The summed E-state index contributed by atoms with van der Waals surface area (Å²) in [4.78, 5) is 24.9. The Balaban J connectivity index is 1.80. The van der Waals surface area contributed by atoms with E-state index in [0.29, 0.717) is 18.8 Å². The lowest BCUT2D eigenvalue weighted by molar-refractivity contribution is -0.116. The number of hydrogen-bond donors (Lipinski definition) is 1. The SMILES string of the molecule is CCOc1ccc(NC(=O)Cn2c(=O)n(CC)c3ccccc32)cc1. The van der Waals surface area contributed by atoms with E-state index in [1.165, 1.54) is 4.57 Å². The van der Waals surface area contributed by atoms with Crippen LogP contribution in [0.2, 0.25) is 0 Å². The highest BCUT2D eigenvalue weighted by Crippen LogP contribution is 2.16. The maximum absolute atomic E-state index is 12.6. The molecule has 0 atom stereocenters. The lowest BCUT2D eigenvalue weighted by atomic mass is 10.3. The molecule has 0 bridgehead atoms. The summed E-state index contributed by atoms with van der Waals surface area (Å²) in [6, 6.07) is 14.7. The first-order chi connectivity index (χ1) is 12.1. The maximum Gasteiger partial charge on any atom is 0.329 e. The van der Waals surface area contributed by atoms with Crippen LogP contribution in [-0.4, -0.2) is 21.6 Å². The summed E-state index contributed by atoms with van der Waals surface area (Å²) >= 11 is 0. The number of nitrogens with one attached hydrogen (secondary N) is 1. The van der Waals surface area contributed by atoms with Crippen LogP contribution >= 0.6 is 0 Å². The fourth-order valence-electron chi connectivity index (χ4n) is 2.88. The number of ether oxygens (including phenoxy) is 1. The molecule has 1 aromatic heterocycles. The average Bonchev–Trinajstić information content (AvgIpc) is 2.88. The first-order valence-electron chi connectivity index (χ1n) is 8.34. The van der Waals surface area contributed by atoms with Gasteiger partial charge in [-0.25, -0.2) is 4.79 Å². The van der Waals surface area contributed by atoms with E-state index in [-0.39, 0.29) is 18.1 Å². The van der Waals surface area contributed by atoms with Gasteiger partial charge in [-0.2, -0.15) is 0 Å². The number of amides is 1. The molecule has 6 heteroatoms. The van der Waals surface area contributed by atoms with Gasteiger partial charge in [0.05, 0.1) is 17.6 Å². The number of benzene rings is 2. The molecule has 2 aromatic carbocycles. The van der Waals surface area contributed by atoms with E-state index in [1.807, 2.05) is 38.1 Å². The third-order valence-electron chi connectivity index (χ3n) is 3.99. The third kappa shape index (κ3) is 3.42. The summed E-state index contributed by atoms with van der Waals surface area (Å²) in [5, 5.41) is 2.82. The van der Waals surface area contributed by atoms with Crippen molar-refractivity contribution >= 4 is 22.6 Å². The predicted molar refractivity (Wildman–Crippen MR) is 98.1 cm³/mol. The average molecular weight is 339 g/mol. The molecule has 1 heterocycles. The molecule has 0 saturated carbocycles. The van der Waals surface area contributed by atoms with Crippen LogP contribution in [0.4, 0.5) is 5.69 Å². The second-order valence-electron chi connectivity index (χ2n) is 5.61. The van der Waals surface area contributed by atoms with Crippen LogP contribution in [0, 0.1) is 0 Å². The molecular formula is C19H21N3O3. The predicted octanol–water partition coefficient (Wildman–Crippen LogP) is 2.86. The molecule has 0 fully saturated rings. The highest BCUT2D eigenvalue weighted by molar-refractivity contribution is 5.91. The third-order valence-corrected chi connectivity index (χ3v) is 3.99. The van der Waals surface area contributed by atoms with Gasteiger partial charge in [-0.05, 0) is 50.2 Å². The normalized spacial score (nSPS) is 10.8. The molecule has 3 aromatic rings. The summed E-state index contributed by atoms with van der Waals surface area (Å²) in [7, 11) is 0. The van der Waals surface area contributed by atoms with E-state index in [1.54, 1.807) is 28.8 Å². The van der Waals surface area contributed by atoms with Crippen molar-refractivity contribution in [2.75, 3.05) is 11.9 Å². The molecule has 0 spiro atoms. The van der Waals surface area contributed by atoms with Crippen molar-refractivity contribution in [3.05, 3.63) is 59.0 Å². The molecular weight excluding hydrogens is 318 g/mol. The Kier molecular flexibility index (Phi) is 4.88. The minimum absolute atomic E-state index is 0.0282. The molecule has 1 amide bonds. The van der Waals surface area contributed by atoms with Gasteiger partial charge < -0.3 is 10.1 Å². The number of nitrogens with zero attached hydrogens (tertiary/aromatic N) is 2. The van der Waals surface area contributed by atoms with Gasteiger partial charge in [-0.1, -0.05) is 12.1 Å². The summed E-state index contributed by atoms with van der Waals surface area (Å²) in [5.74, 6) is 0.507. The van der Waals surface area contributed by atoms with Crippen LogP contribution in [0.15, 0.2) is 53.3 Å². The largest absolute Gasteiger partial charge is 0.494 e. The van der Waals surface area contributed by atoms with Gasteiger partial charge in [0, 0.05) is 12.2 Å². The van der Waals surface area contributed by atoms with E-state index in [2.05, 4.69) is 5.32 Å². The number of carbonyl (C=O) groups is 1. The number of carbonyl (C=O) groups excluding carboxylic acids is 1. The van der Waals surface area contributed by atoms with Crippen molar-refractivity contribution in [3.8, 4) is 5.75 Å². The fourth-order valence-corrected chi connectivity index (χ4v) is 2.88. The molecule has 0 radical (unpaired) electrons. The van der Waals surface area contributed by atoms with Crippen molar-refractivity contribution in [3.63, 3.8) is 0 Å². The van der Waals surface area contributed by atoms with Gasteiger partial charge in [0.15, 0.2) is 0 Å². The molecule has 0 unspecified atom stereocenters. The molecule has 25 heavy (non-hydrogen) atoms. The summed E-state index contributed by atoms with van der Waals surface area (Å²) < 4.78 is 8.55. The minimum Gasteiger partial charge on any atom is -0.494 e. The Morgan fingerprint density at radius 1 is 1.00 bits per heavy atom. The van der Waals surface area contributed by atoms with Crippen LogP contribution in [0.1, 0.15) is 13.8 Å². The number of aromatic nitrogens is 2. The summed E-state index contributed by atoms with van der Waals surface area (Å²) in [6.07, 6.45) is 0. The van der Waals surface area contributed by atoms with Gasteiger partial charge in [-0.3, -0.25) is 13.9 Å². The number of para-hydroxylation sites is 2. The van der Waals surface area contributed by atoms with Crippen LogP contribution in [0.5, 0.6) is 5.75 Å². The number of imidazole rings is 1. The Bertz CT molecular complexity index is 939. The smallest absolute Gasteiger partial charge is 0.329 e. The van der Waals surface area contributed by atoms with Gasteiger partial charge >= 0.3 is 5.69 Å². The van der Waals surface area contributed by atoms with Gasteiger partial charge in [-0.15, -0.1) is 0 Å². The van der Waals surface area contributed by atoms with Crippen LogP contribution < -0.4 is 15.7 Å². The quantitative estimate of drug-likeness (QED) is 0.751. The van der Waals surface area contributed by atoms with Gasteiger partial charge in [0.2, 0.25) is 5.91 Å². The molecule has 0 aliphatic rings. The van der Waals surface area contributed by atoms with Gasteiger partial charge in [0.1, 0.15) is 12.3 Å². The molecule has 1 N–H and O–H groups in total. The number of fused-ring (bicyclic) bond motifs is 1. The van der Waals surface area contributed by atoms with Crippen LogP contribution in [-0.2, 0) is 17.9 Å². The van der Waals surface area contributed by atoms with E-state index < -0.39 is 0 Å². The Hall–Kier alpha value is -3.02. The second-order valence-corrected chi connectivity index (χ2v) is 5.61. The summed E-state index contributed by atoms with van der Waals surface area (Å²) in [6.45, 7) is 4.96. The molecule has 3 rings (SSSR count). The first kappa shape index (κ1) is 16.8. The first-order valence-corrected chi connectivity index (χ1v) is 8.34. The Morgan fingerprint density at radius 2 is 1.64 bits per heavy atom. The Labute approximate surface area is 145 Å². The Morgan fingerprint density at radius 3 is 2.24 bits per heavy atom. The maximum atomic E-state index is 12.6. The number of anilines is 1. The van der Waals surface area contributed by atoms with Gasteiger partial charge in [0.25, 0.3) is 0 Å². The zero-order valence-corrected chi connectivity index (χ0v) is 14.4. The highest BCUT2D eigenvalue weighted by Gasteiger charge is 2.14. The van der Waals surface area contributed by atoms with Crippen molar-refractivity contribution in [2.45, 2.75) is 26.9 Å². The lowest BCUT2D eigenvalue weighted by Crippen LogP contribution is -2.29. The molecule has 0 aliphatic heterocycles. The van der Waals surface area contributed by atoms with Crippen LogP contribution in [0.25, 0.3) is 11.0 Å². The monoisotopic (exact) mass is 339 g/mol. The van der Waals surface area contributed by atoms with Crippen molar-refractivity contribution in [2.24, 2.45) is 0 Å². The van der Waals surface area contributed by atoms with Crippen LogP contribution in [0.3, 0.4) is 0 Å². The molecule has 6 nitrogen and oxygen atoms in total. The fraction of sp³-hybridized carbons (Fsp3) is 0.263. The topological polar surface area (TPSA) is 65.3 Å². The zero-order valence-electron chi connectivity index (χ0n) is 14.4. The zero-order chi connectivity index (χ0) is 17.8. The second kappa shape index (κ2) is 7.25. The van der Waals surface area contributed by atoms with Crippen molar-refractivity contribution in [1.29, 1.82) is 0 Å². The molecule has 130 valence electrons. The van der Waals surface area contributed by atoms with Crippen molar-refractivity contribution in [1.82, 2.24) is 9.13 Å². The number of rotatable bonds is 6. The van der Waals surface area contributed by atoms with E-state index in [4.69, 9.17) is 4.74 Å². The lowest BCUT2D eigenvalue weighted by Gasteiger charge is -2.08. The number of aryl methyl sites for hydroxylation is 1. The van der Waals surface area contributed by atoms with E-state index >= 15 is 0 Å². The standard InChI is InChI=1S/C19H21N3O3/c1-3-21-16-7-5-6-8-17(16)22(19(21)24)13-18(23)20-14-9-11-15(12-10-14)25-4-2/h5-12H,3-4,13H2,1-2H3,(H,20,23). The highest BCUT2D eigenvalue weighted by atomic mass is 16.5. The minimum atomic E-state index is -0.245. The molecule has 0 aliphatic carbocycles. The van der Waals surface area contributed by atoms with E-state index in [0.717, 1.165) is 16.8 Å².